The normalized spacial score (nSPS) is 17.7. The van der Waals surface area contributed by atoms with Gasteiger partial charge in [-0.2, -0.15) is 0 Å². The summed E-state index contributed by atoms with van der Waals surface area (Å²) >= 11 is 0. The van der Waals surface area contributed by atoms with Crippen molar-refractivity contribution in [3.63, 3.8) is 0 Å². The molecule has 0 saturated carbocycles. The van der Waals surface area contributed by atoms with Gasteiger partial charge in [-0.25, -0.2) is 13.8 Å². The van der Waals surface area contributed by atoms with Crippen molar-refractivity contribution in [1.82, 2.24) is 14.5 Å². The van der Waals surface area contributed by atoms with Crippen LogP contribution in [-0.4, -0.2) is 21.0 Å². The zero-order valence-electron chi connectivity index (χ0n) is 14.2. The summed E-state index contributed by atoms with van der Waals surface area (Å²) in [6.07, 6.45) is 2.10. The molecule has 0 aliphatic carbocycles. The zero-order chi connectivity index (χ0) is 17.6. The highest BCUT2D eigenvalue weighted by Gasteiger charge is 2.25. The van der Waals surface area contributed by atoms with E-state index in [-0.39, 0.29) is 17.5 Å². The van der Waals surface area contributed by atoms with Crippen molar-refractivity contribution in [3.8, 4) is 11.5 Å². The van der Waals surface area contributed by atoms with Crippen LogP contribution in [-0.2, 0) is 13.1 Å². The van der Waals surface area contributed by atoms with Crippen LogP contribution < -0.4 is 0 Å². The Kier molecular flexibility index (Phi) is 3.92. The van der Waals surface area contributed by atoms with Crippen LogP contribution in [0.1, 0.15) is 30.1 Å². The number of aryl methyl sites for hydroxylation is 1. The predicted molar refractivity (Wildman–Crippen MR) is 89.8 cm³/mol. The van der Waals surface area contributed by atoms with Crippen molar-refractivity contribution < 1.29 is 13.2 Å². The lowest BCUT2D eigenvalue weighted by Crippen LogP contribution is -2.36. The Morgan fingerprint density at radius 1 is 1.24 bits per heavy atom. The largest absolute Gasteiger partial charge is 0.441 e. The number of oxazole rings is 1. The highest BCUT2D eigenvalue weighted by Crippen LogP contribution is 2.29. The Morgan fingerprint density at radius 3 is 2.88 bits per heavy atom. The van der Waals surface area contributed by atoms with E-state index in [0.717, 1.165) is 24.8 Å². The Labute approximate surface area is 144 Å². The second-order valence-corrected chi connectivity index (χ2v) is 6.42. The molecule has 0 saturated heterocycles. The van der Waals surface area contributed by atoms with Gasteiger partial charge in [-0.05, 0) is 38.1 Å². The maximum Gasteiger partial charge on any atom is 0.229 e. The second kappa shape index (κ2) is 6.11. The molecule has 3 heterocycles. The predicted octanol–water partition coefficient (Wildman–Crippen LogP) is 4.31. The molecule has 25 heavy (non-hydrogen) atoms. The van der Waals surface area contributed by atoms with Gasteiger partial charge in [0, 0.05) is 43.6 Å². The van der Waals surface area contributed by atoms with E-state index in [4.69, 9.17) is 4.42 Å². The molecule has 130 valence electrons. The quantitative estimate of drug-likeness (QED) is 0.711. The highest BCUT2D eigenvalue weighted by molar-refractivity contribution is 5.54. The minimum absolute atomic E-state index is 0.177. The van der Waals surface area contributed by atoms with E-state index in [0.29, 0.717) is 12.3 Å². The lowest BCUT2D eigenvalue weighted by Gasteiger charge is -2.34. The van der Waals surface area contributed by atoms with E-state index in [2.05, 4.69) is 39.7 Å². The third-order valence-electron chi connectivity index (χ3n) is 4.88. The number of hydrogen-bond acceptors (Lipinski definition) is 3. The van der Waals surface area contributed by atoms with Crippen LogP contribution in [0.15, 0.2) is 40.9 Å². The molecule has 0 amide bonds. The van der Waals surface area contributed by atoms with Gasteiger partial charge in [0.2, 0.25) is 5.89 Å². The smallest absolute Gasteiger partial charge is 0.229 e. The first-order valence-electron chi connectivity index (χ1n) is 8.34. The van der Waals surface area contributed by atoms with Gasteiger partial charge in [0.15, 0.2) is 0 Å². The molecular formula is C19H19F2N3O. The van der Waals surface area contributed by atoms with Gasteiger partial charge in [0.05, 0.1) is 11.3 Å². The molecule has 1 unspecified atom stereocenters. The van der Waals surface area contributed by atoms with Gasteiger partial charge in [-0.15, -0.1) is 0 Å². The third-order valence-corrected chi connectivity index (χ3v) is 4.88. The monoisotopic (exact) mass is 343 g/mol. The van der Waals surface area contributed by atoms with E-state index in [1.54, 1.807) is 0 Å². The molecule has 0 bridgehead atoms. The van der Waals surface area contributed by atoms with E-state index in [1.807, 2.05) is 6.92 Å². The van der Waals surface area contributed by atoms with Crippen molar-refractivity contribution in [2.45, 2.75) is 33.0 Å². The first-order valence-corrected chi connectivity index (χ1v) is 8.34. The molecule has 0 fully saturated rings. The zero-order valence-corrected chi connectivity index (χ0v) is 14.2. The molecule has 0 N–H and O–H groups in total. The summed E-state index contributed by atoms with van der Waals surface area (Å²) < 4.78 is 35.0. The second-order valence-electron chi connectivity index (χ2n) is 6.42. The molecule has 6 heteroatoms. The molecule has 0 spiro atoms. The van der Waals surface area contributed by atoms with Crippen molar-refractivity contribution in [2.75, 3.05) is 6.54 Å². The topological polar surface area (TPSA) is 34.2 Å². The average Bonchev–Trinajstić information content (AvgIpc) is 3.18. The fourth-order valence-corrected chi connectivity index (χ4v) is 3.39. The number of rotatable bonds is 3. The fraction of sp³-hybridized carbons (Fsp3) is 0.316. The van der Waals surface area contributed by atoms with Gasteiger partial charge in [-0.1, -0.05) is 0 Å². The van der Waals surface area contributed by atoms with Crippen LogP contribution in [0.5, 0.6) is 0 Å². The molecule has 2 aromatic heterocycles. The van der Waals surface area contributed by atoms with E-state index in [9.17, 15) is 8.78 Å². The standard InChI is InChI=1S/C19H19F2N3O/c1-12-18-4-3-7-23(18)8-9-24(12)11-17-13(2)25-19(22-17)15-6-5-14(20)10-16(15)21/h3-7,10,12H,8-9,11H2,1-2H3. The van der Waals surface area contributed by atoms with Gasteiger partial charge in [0.1, 0.15) is 17.4 Å². The van der Waals surface area contributed by atoms with Crippen LogP contribution >= 0.6 is 0 Å². The van der Waals surface area contributed by atoms with Gasteiger partial charge < -0.3 is 8.98 Å². The molecule has 4 rings (SSSR count). The van der Waals surface area contributed by atoms with Crippen LogP contribution in [0.25, 0.3) is 11.5 Å². The number of nitrogens with zero attached hydrogens (tertiary/aromatic N) is 3. The van der Waals surface area contributed by atoms with Crippen LogP contribution in [0.3, 0.4) is 0 Å². The van der Waals surface area contributed by atoms with Crippen molar-refractivity contribution in [3.05, 3.63) is 65.3 Å². The minimum atomic E-state index is -0.669. The molecule has 1 aliphatic heterocycles. The third kappa shape index (κ3) is 2.87. The van der Waals surface area contributed by atoms with Crippen molar-refractivity contribution >= 4 is 0 Å². The van der Waals surface area contributed by atoms with Crippen molar-refractivity contribution in [1.29, 1.82) is 0 Å². The Hall–Kier alpha value is -2.47. The van der Waals surface area contributed by atoms with E-state index >= 15 is 0 Å². The molecule has 1 atom stereocenters. The molecule has 4 nitrogen and oxygen atoms in total. The molecule has 3 aromatic rings. The summed E-state index contributed by atoms with van der Waals surface area (Å²) in [6, 6.07) is 7.87. The Bertz CT molecular complexity index is 915. The Morgan fingerprint density at radius 2 is 2.08 bits per heavy atom. The van der Waals surface area contributed by atoms with Crippen LogP contribution in [0.4, 0.5) is 8.78 Å². The summed E-state index contributed by atoms with van der Waals surface area (Å²) in [6.45, 7) is 6.47. The van der Waals surface area contributed by atoms with Crippen LogP contribution in [0.2, 0.25) is 0 Å². The summed E-state index contributed by atoms with van der Waals surface area (Å²) in [5, 5.41) is 0. The lowest BCUT2D eigenvalue weighted by atomic mass is 10.1. The lowest BCUT2D eigenvalue weighted by molar-refractivity contribution is 0.158. The van der Waals surface area contributed by atoms with Gasteiger partial charge in [-0.3, -0.25) is 4.90 Å². The minimum Gasteiger partial charge on any atom is -0.441 e. The maximum atomic E-state index is 14.0. The summed E-state index contributed by atoms with van der Waals surface area (Å²) in [5.74, 6) is -0.434. The molecular weight excluding hydrogens is 324 g/mol. The molecule has 0 radical (unpaired) electrons. The number of halogens is 2. The van der Waals surface area contributed by atoms with Gasteiger partial charge in [0.25, 0.3) is 0 Å². The van der Waals surface area contributed by atoms with Crippen LogP contribution in [0, 0.1) is 18.6 Å². The maximum absolute atomic E-state index is 14.0. The number of hydrogen-bond donors (Lipinski definition) is 0. The number of fused-ring (bicyclic) bond motifs is 1. The SMILES string of the molecule is Cc1oc(-c2ccc(F)cc2F)nc1CN1CCn2cccc2C1C. The average molecular weight is 343 g/mol. The molecule has 1 aromatic carbocycles. The summed E-state index contributed by atoms with van der Waals surface area (Å²) in [5.41, 5.74) is 2.24. The first kappa shape index (κ1) is 16.0. The first-order chi connectivity index (χ1) is 12.0. The molecule has 1 aliphatic rings. The summed E-state index contributed by atoms with van der Waals surface area (Å²) in [7, 11) is 0. The number of aromatic nitrogens is 2. The van der Waals surface area contributed by atoms with E-state index < -0.39 is 11.6 Å². The fourth-order valence-electron chi connectivity index (χ4n) is 3.39. The Balaban J connectivity index is 1.59. The highest BCUT2D eigenvalue weighted by atomic mass is 19.1. The van der Waals surface area contributed by atoms with Crippen molar-refractivity contribution in [2.24, 2.45) is 0 Å². The van der Waals surface area contributed by atoms with E-state index in [1.165, 1.54) is 17.8 Å². The van der Waals surface area contributed by atoms with Gasteiger partial charge >= 0.3 is 0 Å². The number of benzene rings is 1. The summed E-state index contributed by atoms with van der Waals surface area (Å²) in [4.78, 5) is 6.79.